The van der Waals surface area contributed by atoms with E-state index in [2.05, 4.69) is 0 Å². The molecule has 0 radical (unpaired) electrons. The molecule has 1 atom stereocenters. The van der Waals surface area contributed by atoms with Crippen molar-refractivity contribution in [2.75, 3.05) is 0 Å². The molecule has 4 nitrogen and oxygen atoms in total. The van der Waals surface area contributed by atoms with E-state index in [0.29, 0.717) is 6.42 Å². The Morgan fingerprint density at radius 2 is 1.92 bits per heavy atom. The first-order chi connectivity index (χ1) is 6.05. The van der Waals surface area contributed by atoms with Crippen LogP contribution in [0.25, 0.3) is 0 Å². The molecule has 4 heteroatoms. The lowest BCUT2D eigenvalue weighted by Gasteiger charge is -2.29. The molecule has 0 saturated carbocycles. The van der Waals surface area contributed by atoms with Crippen molar-refractivity contribution in [3.05, 3.63) is 12.2 Å². The maximum atomic E-state index is 11.2. The number of imide groups is 1. The highest BCUT2D eigenvalue weighted by Gasteiger charge is 2.39. The molecule has 0 saturated heterocycles. The van der Waals surface area contributed by atoms with Crippen molar-refractivity contribution in [1.29, 1.82) is 5.26 Å². The number of nitrogens with zero attached hydrogens (tertiary/aromatic N) is 2. The molecule has 1 aliphatic rings. The molecular formula is C9H10N2O2. The second kappa shape index (κ2) is 3.02. The predicted molar refractivity (Wildman–Crippen MR) is 45.3 cm³/mol. The van der Waals surface area contributed by atoms with E-state index in [0.717, 1.165) is 4.90 Å². The van der Waals surface area contributed by atoms with Crippen molar-refractivity contribution in [2.24, 2.45) is 0 Å². The number of hydrogen-bond donors (Lipinski definition) is 0. The molecule has 13 heavy (non-hydrogen) atoms. The SMILES string of the molecule is CCC(C)(C#N)N1C(=O)C=CC1=O. The van der Waals surface area contributed by atoms with Crippen LogP contribution in [-0.4, -0.2) is 22.3 Å². The van der Waals surface area contributed by atoms with Crippen LogP contribution in [0.2, 0.25) is 0 Å². The van der Waals surface area contributed by atoms with Gasteiger partial charge in [-0.05, 0) is 13.3 Å². The summed E-state index contributed by atoms with van der Waals surface area (Å²) in [5.41, 5.74) is -1.02. The van der Waals surface area contributed by atoms with Gasteiger partial charge in [-0.25, -0.2) is 0 Å². The van der Waals surface area contributed by atoms with Crippen LogP contribution in [0.4, 0.5) is 0 Å². The number of nitriles is 1. The van der Waals surface area contributed by atoms with Crippen molar-refractivity contribution in [3.8, 4) is 6.07 Å². The maximum Gasteiger partial charge on any atom is 0.254 e. The Labute approximate surface area is 76.4 Å². The largest absolute Gasteiger partial charge is 0.269 e. The van der Waals surface area contributed by atoms with Crippen molar-refractivity contribution in [1.82, 2.24) is 4.90 Å². The van der Waals surface area contributed by atoms with Gasteiger partial charge in [-0.15, -0.1) is 0 Å². The van der Waals surface area contributed by atoms with Gasteiger partial charge in [-0.2, -0.15) is 5.26 Å². The van der Waals surface area contributed by atoms with Gasteiger partial charge >= 0.3 is 0 Å². The fourth-order valence-electron chi connectivity index (χ4n) is 1.17. The first-order valence-electron chi connectivity index (χ1n) is 4.02. The fraction of sp³-hybridized carbons (Fsp3) is 0.444. The molecule has 0 aliphatic carbocycles. The molecule has 0 aromatic carbocycles. The Hall–Kier alpha value is -1.63. The van der Waals surface area contributed by atoms with E-state index in [4.69, 9.17) is 5.26 Å². The van der Waals surface area contributed by atoms with Crippen LogP contribution in [0, 0.1) is 11.3 Å². The zero-order chi connectivity index (χ0) is 10.1. The smallest absolute Gasteiger partial charge is 0.254 e. The zero-order valence-electron chi connectivity index (χ0n) is 7.57. The van der Waals surface area contributed by atoms with Crippen LogP contribution in [-0.2, 0) is 9.59 Å². The average Bonchev–Trinajstić information content (AvgIpc) is 2.46. The minimum atomic E-state index is -1.02. The highest BCUT2D eigenvalue weighted by Crippen LogP contribution is 2.22. The summed E-state index contributed by atoms with van der Waals surface area (Å²) in [7, 11) is 0. The summed E-state index contributed by atoms with van der Waals surface area (Å²) in [6.07, 6.45) is 2.81. The summed E-state index contributed by atoms with van der Waals surface area (Å²) in [5.74, 6) is -0.813. The highest BCUT2D eigenvalue weighted by atomic mass is 16.2. The van der Waals surface area contributed by atoms with E-state index < -0.39 is 17.4 Å². The van der Waals surface area contributed by atoms with Gasteiger partial charge in [-0.3, -0.25) is 14.5 Å². The summed E-state index contributed by atoms with van der Waals surface area (Å²) in [6.45, 7) is 3.35. The third-order valence-corrected chi connectivity index (χ3v) is 2.23. The second-order valence-corrected chi connectivity index (χ2v) is 3.08. The lowest BCUT2D eigenvalue weighted by atomic mass is 9.99. The van der Waals surface area contributed by atoms with Gasteiger partial charge in [-0.1, -0.05) is 6.92 Å². The molecule has 0 fully saturated rings. The van der Waals surface area contributed by atoms with Crippen molar-refractivity contribution in [2.45, 2.75) is 25.8 Å². The van der Waals surface area contributed by atoms with Crippen molar-refractivity contribution >= 4 is 11.8 Å². The van der Waals surface area contributed by atoms with E-state index in [9.17, 15) is 9.59 Å². The van der Waals surface area contributed by atoms with E-state index >= 15 is 0 Å². The summed E-state index contributed by atoms with van der Waals surface area (Å²) in [6, 6.07) is 1.98. The molecule has 0 N–H and O–H groups in total. The van der Waals surface area contributed by atoms with Crippen LogP contribution < -0.4 is 0 Å². The van der Waals surface area contributed by atoms with Crippen molar-refractivity contribution in [3.63, 3.8) is 0 Å². The molecule has 1 unspecified atom stereocenters. The van der Waals surface area contributed by atoms with Crippen molar-refractivity contribution < 1.29 is 9.59 Å². The topological polar surface area (TPSA) is 61.2 Å². The molecule has 1 heterocycles. The third kappa shape index (κ3) is 1.33. The van der Waals surface area contributed by atoms with Gasteiger partial charge < -0.3 is 0 Å². The molecule has 0 aromatic heterocycles. The number of hydrogen-bond acceptors (Lipinski definition) is 3. The van der Waals surface area contributed by atoms with Crippen LogP contribution in [0.3, 0.4) is 0 Å². The lowest BCUT2D eigenvalue weighted by molar-refractivity contribution is -0.141. The molecule has 68 valence electrons. The molecule has 0 spiro atoms. The fourth-order valence-corrected chi connectivity index (χ4v) is 1.17. The van der Waals surface area contributed by atoms with Crippen LogP contribution in [0.1, 0.15) is 20.3 Å². The first-order valence-corrected chi connectivity index (χ1v) is 4.02. The summed E-state index contributed by atoms with van der Waals surface area (Å²) in [5, 5.41) is 8.86. The Morgan fingerprint density at radius 3 is 2.23 bits per heavy atom. The Kier molecular flexibility index (Phi) is 2.20. The Balaban J connectivity index is 3.02. The van der Waals surface area contributed by atoms with Gasteiger partial charge in [0.2, 0.25) is 0 Å². The van der Waals surface area contributed by atoms with Gasteiger partial charge in [0.15, 0.2) is 0 Å². The minimum absolute atomic E-state index is 0.407. The van der Waals surface area contributed by atoms with E-state index in [-0.39, 0.29) is 0 Å². The maximum absolute atomic E-state index is 11.2. The third-order valence-electron chi connectivity index (χ3n) is 2.23. The molecule has 1 aliphatic heterocycles. The van der Waals surface area contributed by atoms with Gasteiger partial charge in [0.1, 0.15) is 5.54 Å². The second-order valence-electron chi connectivity index (χ2n) is 3.08. The molecule has 0 bridgehead atoms. The van der Waals surface area contributed by atoms with Gasteiger partial charge in [0.05, 0.1) is 6.07 Å². The minimum Gasteiger partial charge on any atom is -0.269 e. The number of carbonyl (C=O) groups is 2. The lowest BCUT2D eigenvalue weighted by Crippen LogP contribution is -2.48. The molecular weight excluding hydrogens is 168 g/mol. The molecule has 0 aromatic rings. The zero-order valence-corrected chi connectivity index (χ0v) is 7.57. The highest BCUT2D eigenvalue weighted by molar-refractivity contribution is 6.13. The van der Waals surface area contributed by atoms with Crippen LogP contribution in [0.5, 0.6) is 0 Å². The Bertz CT molecular complexity index is 309. The number of carbonyl (C=O) groups excluding carboxylic acids is 2. The van der Waals surface area contributed by atoms with E-state index in [1.54, 1.807) is 13.8 Å². The number of rotatable bonds is 2. The quantitative estimate of drug-likeness (QED) is 0.582. The first kappa shape index (κ1) is 9.46. The van der Waals surface area contributed by atoms with Gasteiger partial charge in [0, 0.05) is 12.2 Å². The van der Waals surface area contributed by atoms with E-state index in [1.165, 1.54) is 12.2 Å². The summed E-state index contributed by atoms with van der Waals surface area (Å²) >= 11 is 0. The van der Waals surface area contributed by atoms with Crippen LogP contribution in [0.15, 0.2) is 12.2 Å². The average molecular weight is 178 g/mol. The van der Waals surface area contributed by atoms with Crippen LogP contribution >= 0.6 is 0 Å². The molecule has 1 rings (SSSR count). The standard InChI is InChI=1S/C9H10N2O2/c1-3-9(2,6-10)11-7(12)4-5-8(11)13/h4-5H,3H2,1-2H3. The summed E-state index contributed by atoms with van der Waals surface area (Å²) in [4.78, 5) is 23.4. The predicted octanol–water partition coefficient (Wildman–Crippen LogP) is 0.604. The normalized spacial score (nSPS) is 20.2. The monoisotopic (exact) mass is 178 g/mol. The van der Waals surface area contributed by atoms with Gasteiger partial charge in [0.25, 0.3) is 11.8 Å². The summed E-state index contributed by atoms with van der Waals surface area (Å²) < 4.78 is 0. The van der Waals surface area contributed by atoms with E-state index in [1.807, 2.05) is 6.07 Å². The molecule has 2 amide bonds. The Morgan fingerprint density at radius 1 is 1.46 bits per heavy atom. The number of amides is 2.